The molecule has 0 aliphatic heterocycles. The third-order valence-corrected chi connectivity index (χ3v) is 4.54. The number of hydrogen-bond donors (Lipinski definition) is 1. The summed E-state index contributed by atoms with van der Waals surface area (Å²) in [4.78, 5) is 24.3. The third kappa shape index (κ3) is 6.30. The van der Waals surface area contributed by atoms with Crippen molar-refractivity contribution in [3.8, 4) is 0 Å². The van der Waals surface area contributed by atoms with Crippen LogP contribution in [0.3, 0.4) is 0 Å². The molecule has 1 aromatic carbocycles. The second-order valence-corrected chi connectivity index (χ2v) is 7.70. The molecule has 0 unspecified atom stereocenters. The Morgan fingerprint density at radius 3 is 2.41 bits per heavy atom. The van der Waals surface area contributed by atoms with Gasteiger partial charge in [0.15, 0.2) is 17.8 Å². The lowest BCUT2D eigenvalue weighted by atomic mass is 9.90. The maximum atomic E-state index is 14.4. The number of nitrogens with one attached hydrogen (secondary N) is 1. The Morgan fingerprint density at radius 1 is 1.17 bits per heavy atom. The summed E-state index contributed by atoms with van der Waals surface area (Å²) in [5.41, 5.74) is -0.0503. The largest absolute Gasteiger partial charge is 1.00 e. The minimum Gasteiger partial charge on any atom is -1.00 e. The van der Waals surface area contributed by atoms with Crippen LogP contribution >= 0.6 is 11.6 Å². The highest BCUT2D eigenvalue weighted by Crippen LogP contribution is 2.27. The number of amides is 1. The molecule has 1 aromatic heterocycles. The van der Waals surface area contributed by atoms with Crippen LogP contribution in [-0.4, -0.2) is 18.7 Å². The van der Waals surface area contributed by atoms with Crippen LogP contribution in [0.1, 0.15) is 31.9 Å². The molecule has 4 nitrogen and oxygen atoms in total. The van der Waals surface area contributed by atoms with Crippen molar-refractivity contribution in [3.63, 3.8) is 0 Å². The molecule has 0 aliphatic rings. The van der Waals surface area contributed by atoms with Gasteiger partial charge in [0.2, 0.25) is 18.2 Å². The molecule has 0 spiro atoms. The number of pyridine rings is 1. The summed E-state index contributed by atoms with van der Waals surface area (Å²) in [5.74, 6) is -2.62. The molecule has 0 bridgehead atoms. The van der Waals surface area contributed by atoms with Crippen molar-refractivity contribution >= 4 is 28.9 Å². The molecule has 29 heavy (non-hydrogen) atoms. The van der Waals surface area contributed by atoms with Gasteiger partial charge in [-0.25, -0.2) is 8.78 Å². The van der Waals surface area contributed by atoms with E-state index in [1.807, 2.05) is 0 Å². The molecule has 0 saturated carbocycles. The monoisotopic (exact) mass is 534 g/mol. The van der Waals surface area contributed by atoms with Crippen LogP contribution in [0, 0.1) is 17.0 Å². The molecule has 8 heteroatoms. The number of ketones is 1. The molecule has 1 heterocycles. The molecule has 0 saturated heterocycles. The summed E-state index contributed by atoms with van der Waals surface area (Å²) < 4.78 is 29.7. The van der Waals surface area contributed by atoms with Crippen molar-refractivity contribution in [1.29, 1.82) is 0 Å². The molecule has 2 aromatic rings. The van der Waals surface area contributed by atoms with Crippen LogP contribution in [-0.2, 0) is 16.1 Å². The lowest BCUT2D eigenvalue weighted by Crippen LogP contribution is -3.00. The lowest BCUT2D eigenvalue weighted by Gasteiger charge is -2.15. The number of carbonyl (C=O) groups is 2. The first kappa shape index (κ1) is 25.2. The number of halogens is 4. The first-order chi connectivity index (χ1) is 13.0. The molecule has 1 amide bonds. The van der Waals surface area contributed by atoms with Crippen LogP contribution < -0.4 is 33.9 Å². The van der Waals surface area contributed by atoms with Gasteiger partial charge in [-0.1, -0.05) is 32.9 Å². The number of benzene rings is 1. The van der Waals surface area contributed by atoms with Gasteiger partial charge in [-0.05, 0) is 23.7 Å². The third-order valence-electron chi connectivity index (χ3n) is 4.19. The van der Waals surface area contributed by atoms with Crippen LogP contribution in [0.5, 0.6) is 0 Å². The van der Waals surface area contributed by atoms with Gasteiger partial charge < -0.3 is 29.3 Å². The second kappa shape index (κ2) is 10.2. The fourth-order valence-corrected chi connectivity index (χ4v) is 2.60. The van der Waals surface area contributed by atoms with Crippen molar-refractivity contribution in [1.82, 2.24) is 5.32 Å². The van der Waals surface area contributed by atoms with E-state index in [1.54, 1.807) is 39.1 Å². The standard InChI is InChI=1S/C21H21ClF2N2O2.HI/c1-21(2,3)17(27)12-26-11-13(8-9-18(26)22)15(10-19(28)25-4)14-6-5-7-16(23)20(14)24;/h5-11H,12H2,1-4H3;1H/b15-10+;. The zero-order valence-electron chi connectivity index (χ0n) is 16.5. The van der Waals surface area contributed by atoms with Gasteiger partial charge in [0.05, 0.1) is 0 Å². The highest BCUT2D eigenvalue weighted by Gasteiger charge is 2.27. The van der Waals surface area contributed by atoms with Crippen molar-refractivity contribution < 1.29 is 46.9 Å². The number of rotatable bonds is 5. The summed E-state index contributed by atoms with van der Waals surface area (Å²) in [6.07, 6.45) is 2.72. The average Bonchev–Trinajstić information content (AvgIpc) is 2.63. The topological polar surface area (TPSA) is 50.1 Å². The zero-order chi connectivity index (χ0) is 21.1. The normalized spacial score (nSPS) is 11.6. The van der Waals surface area contributed by atoms with Crippen LogP contribution in [0.25, 0.3) is 5.57 Å². The molecule has 0 radical (unpaired) electrons. The average molecular weight is 535 g/mol. The van der Waals surface area contributed by atoms with E-state index in [1.165, 1.54) is 29.8 Å². The Hall–Kier alpha value is -1.87. The van der Waals surface area contributed by atoms with Crippen molar-refractivity contribution in [2.75, 3.05) is 7.05 Å². The van der Waals surface area contributed by atoms with E-state index < -0.39 is 23.0 Å². The van der Waals surface area contributed by atoms with Crippen molar-refractivity contribution in [2.45, 2.75) is 27.3 Å². The number of likely N-dealkylation sites (N-methyl/N-ethyl adjacent to an activating group) is 1. The van der Waals surface area contributed by atoms with Gasteiger partial charge in [-0.3, -0.25) is 9.59 Å². The van der Waals surface area contributed by atoms with Gasteiger partial charge >= 0.3 is 0 Å². The van der Waals surface area contributed by atoms with Crippen LogP contribution in [0.15, 0.2) is 42.6 Å². The molecular formula is C21H22ClF2IN2O2. The Kier molecular flexibility index (Phi) is 8.89. The fraction of sp³-hybridized carbons (Fsp3) is 0.286. The number of hydrogen-bond acceptors (Lipinski definition) is 2. The van der Waals surface area contributed by atoms with E-state index in [0.717, 1.165) is 6.07 Å². The molecule has 0 aliphatic carbocycles. The lowest BCUT2D eigenvalue weighted by molar-refractivity contribution is -0.682. The highest BCUT2D eigenvalue weighted by atomic mass is 127. The van der Waals surface area contributed by atoms with E-state index in [9.17, 15) is 18.4 Å². The molecular weight excluding hydrogens is 513 g/mol. The second-order valence-electron chi connectivity index (χ2n) is 7.32. The maximum Gasteiger partial charge on any atom is 0.275 e. The van der Waals surface area contributed by atoms with Gasteiger partial charge in [0.25, 0.3) is 5.15 Å². The predicted molar refractivity (Wildman–Crippen MR) is 104 cm³/mol. The summed E-state index contributed by atoms with van der Waals surface area (Å²) in [6, 6.07) is 6.87. The predicted octanol–water partition coefficient (Wildman–Crippen LogP) is 0.703. The van der Waals surface area contributed by atoms with E-state index in [-0.39, 0.29) is 47.4 Å². The SMILES string of the molecule is CNC(=O)/C=C(\c1ccc(Cl)[n+](CC(=O)C(C)(C)C)c1)c1cccc(F)c1F.[I-]. The van der Waals surface area contributed by atoms with Crippen molar-refractivity contribution in [3.05, 3.63) is 70.5 Å². The van der Waals surface area contributed by atoms with E-state index in [0.29, 0.717) is 10.7 Å². The zero-order valence-corrected chi connectivity index (χ0v) is 19.4. The number of Topliss-reactive ketones (excluding diaryl/α,β-unsaturated/α-hetero) is 1. The molecule has 1 N–H and O–H groups in total. The first-order valence-electron chi connectivity index (χ1n) is 8.65. The summed E-state index contributed by atoms with van der Waals surface area (Å²) in [5, 5.41) is 2.73. The number of nitrogens with zero attached hydrogens (tertiary/aromatic N) is 1. The van der Waals surface area contributed by atoms with Gasteiger partial charge in [-0.2, -0.15) is 4.57 Å². The Morgan fingerprint density at radius 2 is 1.83 bits per heavy atom. The highest BCUT2D eigenvalue weighted by molar-refractivity contribution is 6.28. The summed E-state index contributed by atoms with van der Waals surface area (Å²) in [6.45, 7) is 5.40. The van der Waals surface area contributed by atoms with Crippen LogP contribution in [0.4, 0.5) is 8.78 Å². The number of aromatic nitrogens is 1. The summed E-state index contributed by atoms with van der Waals surface area (Å²) in [7, 11) is 1.43. The quantitative estimate of drug-likeness (QED) is 0.266. The maximum absolute atomic E-state index is 14.4. The molecule has 2 rings (SSSR count). The van der Waals surface area contributed by atoms with E-state index >= 15 is 0 Å². The molecule has 0 atom stereocenters. The Labute approximate surface area is 191 Å². The van der Waals surface area contributed by atoms with Gasteiger partial charge in [-0.15, -0.1) is 0 Å². The van der Waals surface area contributed by atoms with E-state index in [4.69, 9.17) is 11.6 Å². The Balaban J connectivity index is 0.00000420. The van der Waals surface area contributed by atoms with Gasteiger partial charge in [0, 0.05) is 41.3 Å². The Bertz CT molecular complexity index is 956. The molecule has 0 fully saturated rings. The van der Waals surface area contributed by atoms with E-state index in [2.05, 4.69) is 5.32 Å². The smallest absolute Gasteiger partial charge is 0.275 e. The minimum atomic E-state index is -1.06. The first-order valence-corrected chi connectivity index (χ1v) is 9.03. The number of carbonyl (C=O) groups excluding carboxylic acids is 2. The van der Waals surface area contributed by atoms with Crippen molar-refractivity contribution in [2.24, 2.45) is 5.41 Å². The minimum absolute atomic E-state index is 0. The fourth-order valence-electron chi connectivity index (χ4n) is 2.43. The summed E-state index contributed by atoms with van der Waals surface area (Å²) >= 11 is 6.21. The molecule has 156 valence electrons. The van der Waals surface area contributed by atoms with Gasteiger partial charge in [0.1, 0.15) is 0 Å². The van der Waals surface area contributed by atoms with Crippen LogP contribution in [0.2, 0.25) is 5.15 Å².